The minimum Gasteiger partial charge on any atom is -0.493 e. The van der Waals surface area contributed by atoms with E-state index in [0.717, 1.165) is 0 Å². The minimum absolute atomic E-state index is 0.231. The van der Waals surface area contributed by atoms with Crippen molar-refractivity contribution >= 4 is 17.2 Å². The van der Waals surface area contributed by atoms with Gasteiger partial charge in [0.2, 0.25) is 0 Å². The highest BCUT2D eigenvalue weighted by atomic mass is 32.1. The topological polar surface area (TPSA) is 38.5 Å². The fourth-order valence-corrected chi connectivity index (χ4v) is 1.87. The summed E-state index contributed by atoms with van der Waals surface area (Å²) in [4.78, 5) is 1.44. The van der Waals surface area contributed by atoms with Gasteiger partial charge in [0, 0.05) is 6.54 Å². The normalized spacial score (nSPS) is 11.7. The van der Waals surface area contributed by atoms with Crippen molar-refractivity contribution in [2.45, 2.75) is 12.6 Å². The lowest BCUT2D eigenvalue weighted by molar-refractivity contribution is -0.143. The van der Waals surface area contributed by atoms with E-state index in [9.17, 15) is 13.2 Å². The van der Waals surface area contributed by atoms with E-state index in [1.54, 1.807) is 24.3 Å². The number of alkyl halides is 3. The number of halogens is 3. The average molecular weight is 306 g/mol. The molecule has 0 aliphatic rings. The van der Waals surface area contributed by atoms with E-state index in [1.165, 1.54) is 11.9 Å². The van der Waals surface area contributed by atoms with Crippen molar-refractivity contribution in [1.82, 2.24) is 4.90 Å². The Morgan fingerprint density at radius 2 is 2.00 bits per heavy atom. The first-order chi connectivity index (χ1) is 9.29. The second-order valence-electron chi connectivity index (χ2n) is 4.42. The molecule has 3 nitrogen and oxygen atoms in total. The lowest BCUT2D eigenvalue weighted by Gasteiger charge is -2.18. The molecule has 20 heavy (non-hydrogen) atoms. The maximum absolute atomic E-state index is 12.1. The van der Waals surface area contributed by atoms with Gasteiger partial charge < -0.3 is 10.5 Å². The number of para-hydroxylation sites is 1. The van der Waals surface area contributed by atoms with Crippen LogP contribution in [0.4, 0.5) is 13.2 Å². The highest BCUT2D eigenvalue weighted by Crippen LogP contribution is 2.18. The van der Waals surface area contributed by atoms with Crippen LogP contribution in [0.2, 0.25) is 0 Å². The summed E-state index contributed by atoms with van der Waals surface area (Å²) in [6.45, 7) is -0.312. The number of nitrogens with zero attached hydrogens (tertiary/aromatic N) is 1. The fraction of sp³-hybridized carbons (Fsp3) is 0.462. The van der Waals surface area contributed by atoms with Crippen molar-refractivity contribution in [3.8, 4) is 5.75 Å². The molecule has 0 saturated heterocycles. The number of rotatable bonds is 7. The zero-order chi connectivity index (χ0) is 15.2. The van der Waals surface area contributed by atoms with Gasteiger partial charge in [-0.3, -0.25) is 4.90 Å². The summed E-state index contributed by atoms with van der Waals surface area (Å²) in [6, 6.07) is 7.05. The molecule has 1 aromatic rings. The van der Waals surface area contributed by atoms with Gasteiger partial charge in [-0.25, -0.2) is 0 Å². The quantitative estimate of drug-likeness (QED) is 0.621. The number of benzene rings is 1. The second-order valence-corrected chi connectivity index (χ2v) is 4.86. The van der Waals surface area contributed by atoms with Gasteiger partial charge in [0.25, 0.3) is 0 Å². The van der Waals surface area contributed by atoms with Gasteiger partial charge in [0.1, 0.15) is 10.7 Å². The maximum atomic E-state index is 12.1. The van der Waals surface area contributed by atoms with Crippen LogP contribution in [0.3, 0.4) is 0 Å². The number of ether oxygens (including phenoxy) is 1. The molecule has 0 aromatic heterocycles. The predicted molar refractivity (Wildman–Crippen MR) is 76.0 cm³/mol. The summed E-state index contributed by atoms with van der Waals surface area (Å²) in [5.41, 5.74) is 6.19. The third kappa shape index (κ3) is 6.21. The number of hydrogen-bond donors (Lipinski definition) is 1. The van der Waals surface area contributed by atoms with Crippen LogP contribution in [-0.2, 0) is 0 Å². The Labute approximate surface area is 121 Å². The Bertz CT molecular complexity index is 451. The van der Waals surface area contributed by atoms with E-state index in [4.69, 9.17) is 22.7 Å². The molecule has 0 aliphatic carbocycles. The van der Waals surface area contributed by atoms with Crippen LogP contribution in [-0.4, -0.2) is 42.8 Å². The molecule has 0 heterocycles. The Kier molecular flexibility index (Phi) is 6.22. The monoisotopic (exact) mass is 306 g/mol. The second kappa shape index (κ2) is 7.44. The Hall–Kier alpha value is -1.34. The first-order valence-electron chi connectivity index (χ1n) is 6.06. The number of thiocarbonyl (C=S) groups is 1. The molecule has 0 atom stereocenters. The molecule has 0 saturated carbocycles. The number of nitrogens with two attached hydrogens (primary N) is 1. The standard InChI is InChI=1S/C13H17F3N2OS/c1-18(9-13(14,15)16)7-4-8-19-11-6-3-2-5-10(11)12(17)20/h2-3,5-6H,4,7-9H2,1H3,(H2,17,20). The lowest BCUT2D eigenvalue weighted by Crippen LogP contribution is -2.32. The van der Waals surface area contributed by atoms with Crippen molar-refractivity contribution in [1.29, 1.82) is 0 Å². The van der Waals surface area contributed by atoms with E-state index < -0.39 is 12.7 Å². The van der Waals surface area contributed by atoms with Crippen LogP contribution in [0, 0.1) is 0 Å². The third-order valence-corrected chi connectivity index (χ3v) is 2.76. The molecule has 7 heteroatoms. The Morgan fingerprint density at radius 3 is 2.60 bits per heavy atom. The SMILES string of the molecule is CN(CCCOc1ccccc1C(N)=S)CC(F)(F)F. The first kappa shape index (κ1) is 16.7. The summed E-state index contributed by atoms with van der Waals surface area (Å²) in [5.74, 6) is 0.554. The Morgan fingerprint density at radius 1 is 1.35 bits per heavy atom. The summed E-state index contributed by atoms with van der Waals surface area (Å²) < 4.78 is 41.9. The van der Waals surface area contributed by atoms with Gasteiger partial charge in [0.15, 0.2) is 0 Å². The summed E-state index contributed by atoms with van der Waals surface area (Å²) in [7, 11) is 1.43. The summed E-state index contributed by atoms with van der Waals surface area (Å²) >= 11 is 4.89. The van der Waals surface area contributed by atoms with Crippen molar-refractivity contribution < 1.29 is 17.9 Å². The zero-order valence-corrected chi connectivity index (χ0v) is 11.9. The molecule has 0 amide bonds. The molecule has 1 rings (SSSR count). The van der Waals surface area contributed by atoms with Crippen LogP contribution in [0.5, 0.6) is 5.75 Å². The molecular formula is C13H17F3N2OS. The zero-order valence-electron chi connectivity index (χ0n) is 11.1. The van der Waals surface area contributed by atoms with Gasteiger partial charge in [-0.05, 0) is 25.6 Å². The molecule has 2 N–H and O–H groups in total. The molecule has 0 aliphatic heterocycles. The van der Waals surface area contributed by atoms with Gasteiger partial charge in [0.05, 0.1) is 18.7 Å². The number of hydrogen-bond acceptors (Lipinski definition) is 3. The molecule has 1 aromatic carbocycles. The van der Waals surface area contributed by atoms with Crippen molar-refractivity contribution in [3.05, 3.63) is 29.8 Å². The maximum Gasteiger partial charge on any atom is 0.401 e. The van der Waals surface area contributed by atoms with Crippen LogP contribution in [0.15, 0.2) is 24.3 Å². The molecule has 0 unspecified atom stereocenters. The third-order valence-electron chi connectivity index (χ3n) is 2.54. The molecule has 0 spiro atoms. The highest BCUT2D eigenvalue weighted by Gasteiger charge is 2.28. The van der Waals surface area contributed by atoms with E-state index >= 15 is 0 Å². The van der Waals surface area contributed by atoms with E-state index in [1.807, 2.05) is 0 Å². The molecule has 112 valence electrons. The van der Waals surface area contributed by atoms with Crippen LogP contribution in [0.1, 0.15) is 12.0 Å². The highest BCUT2D eigenvalue weighted by molar-refractivity contribution is 7.80. The summed E-state index contributed by atoms with van der Waals surface area (Å²) in [6.07, 6.45) is -3.69. The van der Waals surface area contributed by atoms with E-state index in [-0.39, 0.29) is 4.99 Å². The smallest absolute Gasteiger partial charge is 0.401 e. The lowest BCUT2D eigenvalue weighted by atomic mass is 10.2. The van der Waals surface area contributed by atoms with Gasteiger partial charge in [-0.2, -0.15) is 13.2 Å². The van der Waals surface area contributed by atoms with Crippen molar-refractivity contribution in [2.24, 2.45) is 5.73 Å². The van der Waals surface area contributed by atoms with E-state index in [2.05, 4.69) is 0 Å². The molecule has 0 fully saturated rings. The fourth-order valence-electron chi connectivity index (χ4n) is 1.70. The van der Waals surface area contributed by atoms with E-state index in [0.29, 0.717) is 30.9 Å². The molecular weight excluding hydrogens is 289 g/mol. The van der Waals surface area contributed by atoms with Crippen LogP contribution < -0.4 is 10.5 Å². The average Bonchev–Trinajstić information content (AvgIpc) is 2.33. The van der Waals surface area contributed by atoms with Gasteiger partial charge in [-0.1, -0.05) is 24.4 Å². The molecule has 0 radical (unpaired) electrons. The largest absolute Gasteiger partial charge is 0.493 e. The predicted octanol–water partition coefficient (Wildman–Crippen LogP) is 2.58. The van der Waals surface area contributed by atoms with Crippen molar-refractivity contribution in [3.63, 3.8) is 0 Å². The minimum atomic E-state index is -4.17. The Balaban J connectivity index is 2.37. The molecule has 0 bridgehead atoms. The van der Waals surface area contributed by atoms with Crippen LogP contribution >= 0.6 is 12.2 Å². The van der Waals surface area contributed by atoms with Gasteiger partial charge in [-0.15, -0.1) is 0 Å². The first-order valence-corrected chi connectivity index (χ1v) is 6.47. The van der Waals surface area contributed by atoms with Crippen molar-refractivity contribution in [2.75, 3.05) is 26.7 Å². The van der Waals surface area contributed by atoms with Crippen LogP contribution in [0.25, 0.3) is 0 Å². The van der Waals surface area contributed by atoms with Gasteiger partial charge >= 0.3 is 6.18 Å². The summed E-state index contributed by atoms with van der Waals surface area (Å²) in [5, 5.41) is 0.